The van der Waals surface area contributed by atoms with Gasteiger partial charge in [0.1, 0.15) is 0 Å². The van der Waals surface area contributed by atoms with Gasteiger partial charge in [0.25, 0.3) is 0 Å². The summed E-state index contributed by atoms with van der Waals surface area (Å²) in [6.07, 6.45) is 0.645. The minimum atomic E-state index is -3.11. The number of benzene rings is 1. The van der Waals surface area contributed by atoms with E-state index in [1.54, 1.807) is 7.05 Å². The Balaban J connectivity index is 2.73. The number of nitrogens with zero attached hydrogens (tertiary/aromatic N) is 2. The SMILES string of the molecule is CCCS(=O)(=O)N(C)Cc1ccc(N(C)C)cc1. The van der Waals surface area contributed by atoms with Crippen LogP contribution in [0.5, 0.6) is 0 Å². The zero-order valence-electron chi connectivity index (χ0n) is 11.5. The van der Waals surface area contributed by atoms with Crippen molar-refractivity contribution in [3.8, 4) is 0 Å². The van der Waals surface area contributed by atoms with E-state index in [1.165, 1.54) is 4.31 Å². The quantitative estimate of drug-likeness (QED) is 0.793. The predicted octanol–water partition coefficient (Wildman–Crippen LogP) is 1.92. The summed E-state index contributed by atoms with van der Waals surface area (Å²) in [6, 6.07) is 7.92. The van der Waals surface area contributed by atoms with Crippen molar-refractivity contribution in [1.29, 1.82) is 0 Å². The summed E-state index contributed by atoms with van der Waals surface area (Å²) in [5, 5.41) is 0. The molecule has 0 aromatic heterocycles. The third-order valence-electron chi connectivity index (χ3n) is 2.79. The van der Waals surface area contributed by atoms with E-state index in [0.29, 0.717) is 13.0 Å². The molecule has 1 aromatic carbocycles. The Labute approximate surface area is 110 Å². The first-order chi connectivity index (χ1) is 8.36. The maximum Gasteiger partial charge on any atom is 0.214 e. The lowest BCUT2D eigenvalue weighted by molar-refractivity contribution is 0.466. The Morgan fingerprint density at radius 3 is 2.06 bits per heavy atom. The first kappa shape index (κ1) is 15.0. The lowest BCUT2D eigenvalue weighted by Gasteiger charge is -2.18. The monoisotopic (exact) mass is 270 g/mol. The molecule has 0 atom stereocenters. The van der Waals surface area contributed by atoms with Gasteiger partial charge in [-0.15, -0.1) is 0 Å². The van der Waals surface area contributed by atoms with Crippen LogP contribution in [0.1, 0.15) is 18.9 Å². The van der Waals surface area contributed by atoms with Crippen LogP contribution in [-0.4, -0.2) is 39.6 Å². The van der Waals surface area contributed by atoms with Crippen molar-refractivity contribution in [3.63, 3.8) is 0 Å². The molecule has 0 N–H and O–H groups in total. The van der Waals surface area contributed by atoms with Crippen molar-refractivity contribution in [1.82, 2.24) is 4.31 Å². The van der Waals surface area contributed by atoms with Crippen LogP contribution < -0.4 is 4.90 Å². The highest BCUT2D eigenvalue weighted by Gasteiger charge is 2.16. The van der Waals surface area contributed by atoms with Crippen molar-refractivity contribution >= 4 is 15.7 Å². The van der Waals surface area contributed by atoms with Gasteiger partial charge < -0.3 is 4.90 Å². The van der Waals surface area contributed by atoms with Crippen LogP contribution in [-0.2, 0) is 16.6 Å². The van der Waals surface area contributed by atoms with Gasteiger partial charge in [-0.3, -0.25) is 0 Å². The van der Waals surface area contributed by atoms with E-state index in [-0.39, 0.29) is 5.75 Å². The van der Waals surface area contributed by atoms with Gasteiger partial charge in [0, 0.05) is 33.4 Å². The smallest absolute Gasteiger partial charge is 0.214 e. The van der Waals surface area contributed by atoms with Crippen LogP contribution in [0.2, 0.25) is 0 Å². The minimum Gasteiger partial charge on any atom is -0.378 e. The normalized spacial score (nSPS) is 11.8. The second-order valence-corrected chi connectivity index (χ2v) is 6.83. The largest absolute Gasteiger partial charge is 0.378 e. The maximum atomic E-state index is 11.8. The minimum absolute atomic E-state index is 0.208. The summed E-state index contributed by atoms with van der Waals surface area (Å²) in [6.45, 7) is 2.30. The van der Waals surface area contributed by atoms with Crippen LogP contribution in [0.3, 0.4) is 0 Å². The van der Waals surface area contributed by atoms with E-state index in [9.17, 15) is 8.42 Å². The van der Waals surface area contributed by atoms with E-state index >= 15 is 0 Å². The highest BCUT2D eigenvalue weighted by molar-refractivity contribution is 7.89. The highest BCUT2D eigenvalue weighted by atomic mass is 32.2. The molecular weight excluding hydrogens is 248 g/mol. The van der Waals surface area contributed by atoms with Crippen molar-refractivity contribution < 1.29 is 8.42 Å². The third-order valence-corrected chi connectivity index (χ3v) is 4.80. The maximum absolute atomic E-state index is 11.8. The zero-order chi connectivity index (χ0) is 13.8. The van der Waals surface area contributed by atoms with E-state index in [4.69, 9.17) is 0 Å². The average molecular weight is 270 g/mol. The van der Waals surface area contributed by atoms with E-state index in [1.807, 2.05) is 50.2 Å². The highest BCUT2D eigenvalue weighted by Crippen LogP contribution is 2.14. The van der Waals surface area contributed by atoms with Crippen molar-refractivity contribution in [2.45, 2.75) is 19.9 Å². The van der Waals surface area contributed by atoms with Crippen LogP contribution in [0.15, 0.2) is 24.3 Å². The van der Waals surface area contributed by atoms with Gasteiger partial charge >= 0.3 is 0 Å². The summed E-state index contributed by atoms with van der Waals surface area (Å²) >= 11 is 0. The Hall–Kier alpha value is -1.07. The summed E-state index contributed by atoms with van der Waals surface area (Å²) in [5.74, 6) is 0.208. The van der Waals surface area contributed by atoms with Crippen LogP contribution >= 0.6 is 0 Å². The van der Waals surface area contributed by atoms with Gasteiger partial charge in [-0.05, 0) is 24.1 Å². The first-order valence-corrected chi connectivity index (χ1v) is 7.68. The standard InChI is InChI=1S/C13H22N2O2S/c1-5-10-18(16,17)15(4)11-12-6-8-13(9-7-12)14(2)3/h6-9H,5,10-11H2,1-4H3. The Bertz CT molecular complexity index is 466. The van der Waals surface area contributed by atoms with Gasteiger partial charge in [0.2, 0.25) is 10.0 Å². The first-order valence-electron chi connectivity index (χ1n) is 6.07. The summed E-state index contributed by atoms with van der Waals surface area (Å²) in [5.41, 5.74) is 2.11. The van der Waals surface area contributed by atoms with Gasteiger partial charge in [0.15, 0.2) is 0 Å². The van der Waals surface area contributed by atoms with Gasteiger partial charge in [-0.25, -0.2) is 12.7 Å². The second kappa shape index (κ2) is 6.20. The molecule has 0 saturated heterocycles. The number of hydrogen-bond donors (Lipinski definition) is 0. The lowest BCUT2D eigenvalue weighted by Crippen LogP contribution is -2.28. The molecule has 0 bridgehead atoms. The Kier molecular flexibility index (Phi) is 5.16. The lowest BCUT2D eigenvalue weighted by atomic mass is 10.2. The zero-order valence-corrected chi connectivity index (χ0v) is 12.4. The van der Waals surface area contributed by atoms with Crippen LogP contribution in [0.25, 0.3) is 0 Å². The molecule has 0 amide bonds. The molecule has 1 aromatic rings. The molecule has 0 aliphatic rings. The molecule has 0 aliphatic heterocycles. The number of anilines is 1. The average Bonchev–Trinajstić information content (AvgIpc) is 2.29. The summed E-state index contributed by atoms with van der Waals surface area (Å²) in [4.78, 5) is 2.02. The van der Waals surface area contributed by atoms with Gasteiger partial charge in [-0.2, -0.15) is 0 Å². The summed E-state index contributed by atoms with van der Waals surface area (Å²) < 4.78 is 25.1. The molecule has 0 heterocycles. The number of hydrogen-bond acceptors (Lipinski definition) is 3. The topological polar surface area (TPSA) is 40.6 Å². The molecule has 18 heavy (non-hydrogen) atoms. The van der Waals surface area contributed by atoms with Gasteiger partial charge in [0.05, 0.1) is 5.75 Å². The molecule has 102 valence electrons. The summed E-state index contributed by atoms with van der Waals surface area (Å²) in [7, 11) is 2.48. The molecule has 0 unspecified atom stereocenters. The molecular formula is C13H22N2O2S. The second-order valence-electron chi connectivity index (χ2n) is 4.63. The molecule has 4 nitrogen and oxygen atoms in total. The Morgan fingerprint density at radius 2 is 1.61 bits per heavy atom. The molecule has 1 rings (SSSR count). The predicted molar refractivity (Wildman–Crippen MR) is 76.3 cm³/mol. The molecule has 0 saturated carbocycles. The fourth-order valence-corrected chi connectivity index (χ4v) is 2.84. The number of sulfonamides is 1. The molecule has 0 radical (unpaired) electrons. The van der Waals surface area contributed by atoms with Gasteiger partial charge in [-0.1, -0.05) is 19.1 Å². The van der Waals surface area contributed by atoms with Crippen LogP contribution in [0.4, 0.5) is 5.69 Å². The molecule has 5 heteroatoms. The van der Waals surface area contributed by atoms with Crippen molar-refractivity contribution in [2.75, 3.05) is 31.8 Å². The fourth-order valence-electron chi connectivity index (χ4n) is 1.67. The van der Waals surface area contributed by atoms with E-state index in [2.05, 4.69) is 0 Å². The van der Waals surface area contributed by atoms with Crippen molar-refractivity contribution in [3.05, 3.63) is 29.8 Å². The van der Waals surface area contributed by atoms with Crippen molar-refractivity contribution in [2.24, 2.45) is 0 Å². The van der Waals surface area contributed by atoms with Crippen LogP contribution in [0, 0.1) is 0 Å². The Morgan fingerprint density at radius 1 is 1.06 bits per heavy atom. The molecule has 0 fully saturated rings. The molecule has 0 spiro atoms. The number of rotatable bonds is 6. The van der Waals surface area contributed by atoms with E-state index in [0.717, 1.165) is 11.3 Å². The van der Waals surface area contributed by atoms with E-state index < -0.39 is 10.0 Å². The fraction of sp³-hybridized carbons (Fsp3) is 0.538. The molecule has 0 aliphatic carbocycles. The third kappa shape index (κ3) is 3.99.